The molecule has 0 radical (unpaired) electrons. The van der Waals surface area contributed by atoms with Crippen LogP contribution in [0.2, 0.25) is 0 Å². The number of halogens is 3. The van der Waals surface area contributed by atoms with Gasteiger partial charge in [-0.2, -0.15) is 13.2 Å². The first-order valence-electron chi connectivity index (χ1n) is 7.41. The fourth-order valence-corrected chi connectivity index (χ4v) is 2.29. The van der Waals surface area contributed by atoms with Crippen LogP contribution in [0.25, 0.3) is 0 Å². The quantitative estimate of drug-likeness (QED) is 0.816. The standard InChI is InChI=1S/C18H20F3NO/c1-12-6-4-7-13(2)17(12)23-14(3)11-22-16-9-5-8-15(10-16)18(19,20)21/h4-10,14,22H,11H2,1-3H3. The molecule has 0 spiro atoms. The Morgan fingerprint density at radius 1 is 1.04 bits per heavy atom. The molecule has 0 saturated heterocycles. The summed E-state index contributed by atoms with van der Waals surface area (Å²) >= 11 is 0. The minimum Gasteiger partial charge on any atom is -0.488 e. The lowest BCUT2D eigenvalue weighted by Gasteiger charge is -2.19. The molecule has 0 aromatic heterocycles. The molecule has 124 valence electrons. The van der Waals surface area contributed by atoms with Crippen molar-refractivity contribution in [2.45, 2.75) is 33.1 Å². The van der Waals surface area contributed by atoms with Crippen molar-refractivity contribution in [2.24, 2.45) is 0 Å². The highest BCUT2D eigenvalue weighted by molar-refractivity contribution is 5.46. The van der Waals surface area contributed by atoms with Crippen molar-refractivity contribution in [3.8, 4) is 5.75 Å². The maximum absolute atomic E-state index is 12.7. The van der Waals surface area contributed by atoms with Gasteiger partial charge in [0, 0.05) is 5.69 Å². The van der Waals surface area contributed by atoms with Crippen molar-refractivity contribution < 1.29 is 17.9 Å². The Morgan fingerprint density at radius 3 is 2.26 bits per heavy atom. The predicted octanol–water partition coefficient (Wildman–Crippen LogP) is 5.20. The average Bonchev–Trinajstić information content (AvgIpc) is 2.48. The molecule has 0 bridgehead atoms. The molecule has 0 aliphatic heterocycles. The first-order valence-corrected chi connectivity index (χ1v) is 7.41. The number of hydrogen-bond donors (Lipinski definition) is 1. The lowest BCUT2D eigenvalue weighted by atomic mass is 10.1. The number of para-hydroxylation sites is 1. The van der Waals surface area contributed by atoms with Crippen molar-refractivity contribution in [1.29, 1.82) is 0 Å². The summed E-state index contributed by atoms with van der Waals surface area (Å²) in [4.78, 5) is 0. The zero-order chi connectivity index (χ0) is 17.0. The Labute approximate surface area is 134 Å². The maximum atomic E-state index is 12.7. The average molecular weight is 323 g/mol. The van der Waals surface area contributed by atoms with Gasteiger partial charge in [-0.1, -0.05) is 24.3 Å². The van der Waals surface area contributed by atoms with Gasteiger partial charge in [0.1, 0.15) is 11.9 Å². The molecule has 1 N–H and O–H groups in total. The fraction of sp³-hybridized carbons (Fsp3) is 0.333. The Hall–Kier alpha value is -2.17. The van der Waals surface area contributed by atoms with Crippen molar-refractivity contribution in [1.82, 2.24) is 0 Å². The van der Waals surface area contributed by atoms with Gasteiger partial charge in [-0.3, -0.25) is 0 Å². The number of alkyl halides is 3. The van der Waals surface area contributed by atoms with Gasteiger partial charge in [-0.05, 0) is 50.1 Å². The van der Waals surface area contributed by atoms with Gasteiger partial charge < -0.3 is 10.1 Å². The largest absolute Gasteiger partial charge is 0.488 e. The second kappa shape index (κ2) is 6.94. The number of nitrogens with one attached hydrogen (secondary N) is 1. The summed E-state index contributed by atoms with van der Waals surface area (Å²) in [6.45, 7) is 6.23. The van der Waals surface area contributed by atoms with Crippen molar-refractivity contribution >= 4 is 5.69 Å². The number of benzene rings is 2. The van der Waals surface area contributed by atoms with Gasteiger partial charge in [-0.15, -0.1) is 0 Å². The topological polar surface area (TPSA) is 21.3 Å². The minimum atomic E-state index is -4.34. The van der Waals surface area contributed by atoms with Crippen LogP contribution < -0.4 is 10.1 Å². The van der Waals surface area contributed by atoms with Crippen molar-refractivity contribution in [2.75, 3.05) is 11.9 Å². The summed E-state index contributed by atoms with van der Waals surface area (Å²) in [5.41, 5.74) is 1.84. The third kappa shape index (κ3) is 4.65. The van der Waals surface area contributed by atoms with E-state index in [1.165, 1.54) is 6.07 Å². The van der Waals surface area contributed by atoms with Gasteiger partial charge in [0.25, 0.3) is 0 Å². The summed E-state index contributed by atoms with van der Waals surface area (Å²) in [6, 6.07) is 11.1. The summed E-state index contributed by atoms with van der Waals surface area (Å²) in [7, 11) is 0. The molecule has 0 aliphatic rings. The third-order valence-electron chi connectivity index (χ3n) is 3.51. The van der Waals surface area contributed by atoms with E-state index in [-0.39, 0.29) is 6.10 Å². The van der Waals surface area contributed by atoms with Gasteiger partial charge in [0.05, 0.1) is 12.1 Å². The highest BCUT2D eigenvalue weighted by atomic mass is 19.4. The molecule has 2 aromatic rings. The molecular weight excluding hydrogens is 303 g/mol. The summed E-state index contributed by atoms with van der Waals surface area (Å²) < 4.78 is 44.0. The monoisotopic (exact) mass is 323 g/mol. The zero-order valence-electron chi connectivity index (χ0n) is 13.4. The summed E-state index contributed by atoms with van der Waals surface area (Å²) in [5, 5.41) is 2.99. The Kier molecular flexibility index (Phi) is 5.19. The molecule has 0 fully saturated rings. The van der Waals surface area contributed by atoms with Crippen molar-refractivity contribution in [3.05, 3.63) is 59.2 Å². The molecular formula is C18H20F3NO. The van der Waals surface area contributed by atoms with E-state index in [1.807, 2.05) is 39.0 Å². The summed E-state index contributed by atoms with van der Waals surface area (Å²) in [6.07, 6.45) is -4.51. The lowest BCUT2D eigenvalue weighted by molar-refractivity contribution is -0.137. The Morgan fingerprint density at radius 2 is 1.65 bits per heavy atom. The first-order chi connectivity index (χ1) is 10.8. The minimum absolute atomic E-state index is 0.177. The third-order valence-corrected chi connectivity index (χ3v) is 3.51. The molecule has 2 nitrogen and oxygen atoms in total. The molecule has 0 aliphatic carbocycles. The van der Waals surface area contributed by atoms with Crippen molar-refractivity contribution in [3.63, 3.8) is 0 Å². The van der Waals surface area contributed by atoms with Gasteiger partial charge in [0.15, 0.2) is 0 Å². The highest BCUT2D eigenvalue weighted by Crippen LogP contribution is 2.30. The molecule has 0 amide bonds. The van der Waals surface area contributed by atoms with E-state index in [1.54, 1.807) is 6.07 Å². The zero-order valence-corrected chi connectivity index (χ0v) is 13.4. The Balaban J connectivity index is 1.98. The van der Waals surface area contributed by atoms with E-state index >= 15 is 0 Å². The lowest BCUT2D eigenvalue weighted by Crippen LogP contribution is -2.23. The second-order valence-electron chi connectivity index (χ2n) is 5.61. The SMILES string of the molecule is Cc1cccc(C)c1OC(C)CNc1cccc(C(F)(F)F)c1. The van der Waals surface area contributed by atoms with E-state index in [0.29, 0.717) is 12.2 Å². The van der Waals surface area contributed by atoms with Crippen LogP contribution in [0.4, 0.5) is 18.9 Å². The van der Waals surface area contributed by atoms with E-state index in [0.717, 1.165) is 29.0 Å². The predicted molar refractivity (Wildman–Crippen MR) is 85.9 cm³/mol. The van der Waals surface area contributed by atoms with E-state index < -0.39 is 11.7 Å². The molecule has 23 heavy (non-hydrogen) atoms. The van der Waals surface area contributed by atoms with Gasteiger partial charge >= 0.3 is 6.18 Å². The number of ether oxygens (including phenoxy) is 1. The number of anilines is 1. The van der Waals surface area contributed by atoms with Crippen LogP contribution in [0, 0.1) is 13.8 Å². The summed E-state index contributed by atoms with van der Waals surface area (Å²) in [5.74, 6) is 0.825. The van der Waals surface area contributed by atoms with E-state index in [9.17, 15) is 13.2 Å². The second-order valence-corrected chi connectivity index (χ2v) is 5.61. The molecule has 1 atom stereocenters. The van der Waals surface area contributed by atoms with Gasteiger partial charge in [0.2, 0.25) is 0 Å². The Bertz CT molecular complexity index is 647. The first kappa shape index (κ1) is 17.2. The van der Waals surface area contributed by atoms with Crippen LogP contribution in [-0.2, 0) is 6.18 Å². The van der Waals surface area contributed by atoms with E-state index in [4.69, 9.17) is 4.74 Å². The molecule has 2 rings (SSSR count). The van der Waals surface area contributed by atoms with Crippen LogP contribution in [0.3, 0.4) is 0 Å². The normalized spacial score (nSPS) is 12.8. The number of aryl methyl sites for hydroxylation is 2. The number of rotatable bonds is 5. The van der Waals surface area contributed by atoms with E-state index in [2.05, 4.69) is 5.32 Å². The van der Waals surface area contributed by atoms with Crippen LogP contribution in [-0.4, -0.2) is 12.6 Å². The molecule has 1 unspecified atom stereocenters. The van der Waals surface area contributed by atoms with Crippen LogP contribution in [0.15, 0.2) is 42.5 Å². The molecule has 5 heteroatoms. The van der Waals surface area contributed by atoms with Crippen LogP contribution in [0.5, 0.6) is 5.75 Å². The molecule has 2 aromatic carbocycles. The molecule has 0 heterocycles. The highest BCUT2D eigenvalue weighted by Gasteiger charge is 2.30. The fourth-order valence-electron chi connectivity index (χ4n) is 2.29. The van der Waals surface area contributed by atoms with Crippen LogP contribution in [0.1, 0.15) is 23.6 Å². The number of hydrogen-bond acceptors (Lipinski definition) is 2. The maximum Gasteiger partial charge on any atom is 0.416 e. The van der Waals surface area contributed by atoms with Gasteiger partial charge in [-0.25, -0.2) is 0 Å². The van der Waals surface area contributed by atoms with Crippen LogP contribution >= 0.6 is 0 Å². The molecule has 0 saturated carbocycles. The smallest absolute Gasteiger partial charge is 0.416 e.